The number of nitrogens with one attached hydrogen (secondary N) is 2. The minimum absolute atomic E-state index is 0.0202. The maximum Gasteiger partial charge on any atom is 0.255 e. The minimum atomic E-state index is -0.294. The van der Waals surface area contributed by atoms with Crippen LogP contribution in [-0.2, 0) is 23.5 Å². The predicted octanol–water partition coefficient (Wildman–Crippen LogP) is 3.28. The standard InChI is InChI=1S/C20H19ClN4O2S/c1-13-17(9-18(26)23-11-15-5-3-7-22-10-15)19(27)25-20(24-13)28-12-14-4-2-6-16(21)8-14/h2-8,10H,9,11-12H2,1H3,(H,23,26)(H,24,25,27). The molecule has 0 bridgehead atoms. The van der Waals surface area contributed by atoms with Crippen molar-refractivity contribution < 1.29 is 4.79 Å². The van der Waals surface area contributed by atoms with Crippen molar-refractivity contribution in [1.82, 2.24) is 20.3 Å². The first kappa shape index (κ1) is 20.1. The fourth-order valence-corrected chi connectivity index (χ4v) is 3.63. The smallest absolute Gasteiger partial charge is 0.255 e. The van der Waals surface area contributed by atoms with E-state index in [0.29, 0.717) is 33.7 Å². The van der Waals surface area contributed by atoms with E-state index in [1.165, 1.54) is 11.8 Å². The van der Waals surface area contributed by atoms with Crippen molar-refractivity contribution in [3.63, 3.8) is 0 Å². The first-order valence-corrected chi connectivity index (χ1v) is 10.0. The summed E-state index contributed by atoms with van der Waals surface area (Å²) in [6.07, 6.45) is 3.34. The number of pyridine rings is 1. The molecule has 3 rings (SSSR count). The summed E-state index contributed by atoms with van der Waals surface area (Å²) in [6, 6.07) is 11.2. The molecule has 8 heteroatoms. The molecule has 2 aromatic heterocycles. The van der Waals surface area contributed by atoms with Crippen LogP contribution < -0.4 is 10.9 Å². The predicted molar refractivity (Wildman–Crippen MR) is 110 cm³/mol. The zero-order chi connectivity index (χ0) is 19.9. The first-order valence-electron chi connectivity index (χ1n) is 8.64. The van der Waals surface area contributed by atoms with Gasteiger partial charge in [0.05, 0.1) is 6.42 Å². The molecular weight excluding hydrogens is 396 g/mol. The molecule has 0 atom stereocenters. The summed E-state index contributed by atoms with van der Waals surface area (Å²) in [5.74, 6) is 0.395. The van der Waals surface area contributed by atoms with E-state index < -0.39 is 0 Å². The Morgan fingerprint density at radius 1 is 1.25 bits per heavy atom. The van der Waals surface area contributed by atoms with E-state index >= 15 is 0 Å². The van der Waals surface area contributed by atoms with E-state index in [1.54, 1.807) is 25.4 Å². The van der Waals surface area contributed by atoms with Gasteiger partial charge in [0.1, 0.15) is 0 Å². The van der Waals surface area contributed by atoms with Gasteiger partial charge in [-0.25, -0.2) is 4.98 Å². The van der Waals surface area contributed by atoms with Crippen LogP contribution in [0.4, 0.5) is 0 Å². The molecule has 0 unspecified atom stereocenters. The number of aryl methyl sites for hydroxylation is 1. The van der Waals surface area contributed by atoms with Crippen LogP contribution >= 0.6 is 23.4 Å². The average Bonchev–Trinajstić information content (AvgIpc) is 2.68. The Bertz CT molecular complexity index is 1020. The van der Waals surface area contributed by atoms with E-state index in [4.69, 9.17) is 11.6 Å². The van der Waals surface area contributed by atoms with E-state index in [2.05, 4.69) is 20.3 Å². The van der Waals surface area contributed by atoms with Crippen LogP contribution in [0.2, 0.25) is 5.02 Å². The molecule has 0 aliphatic carbocycles. The second-order valence-corrected chi connectivity index (χ2v) is 7.57. The van der Waals surface area contributed by atoms with Crippen LogP contribution in [0.25, 0.3) is 0 Å². The summed E-state index contributed by atoms with van der Waals surface area (Å²) >= 11 is 7.40. The number of nitrogens with zero attached hydrogens (tertiary/aromatic N) is 2. The van der Waals surface area contributed by atoms with E-state index in [1.807, 2.05) is 30.3 Å². The molecule has 2 N–H and O–H groups in total. The van der Waals surface area contributed by atoms with Crippen molar-refractivity contribution in [2.75, 3.05) is 0 Å². The van der Waals surface area contributed by atoms with Gasteiger partial charge >= 0.3 is 0 Å². The highest BCUT2D eigenvalue weighted by Crippen LogP contribution is 2.21. The molecule has 6 nitrogen and oxygen atoms in total. The summed E-state index contributed by atoms with van der Waals surface area (Å²) in [7, 11) is 0. The second-order valence-electron chi connectivity index (χ2n) is 6.17. The molecular formula is C20H19ClN4O2S. The van der Waals surface area contributed by atoms with Crippen molar-refractivity contribution in [1.29, 1.82) is 0 Å². The number of H-pyrrole nitrogens is 1. The monoisotopic (exact) mass is 414 g/mol. The number of hydrogen-bond donors (Lipinski definition) is 2. The Balaban J connectivity index is 1.61. The van der Waals surface area contributed by atoms with E-state index in [-0.39, 0.29) is 17.9 Å². The van der Waals surface area contributed by atoms with E-state index in [9.17, 15) is 9.59 Å². The van der Waals surface area contributed by atoms with Gasteiger partial charge in [-0.2, -0.15) is 0 Å². The molecule has 1 aromatic carbocycles. The summed E-state index contributed by atoms with van der Waals surface area (Å²) in [5, 5.41) is 3.98. The van der Waals surface area contributed by atoms with Gasteiger partial charge in [0.25, 0.3) is 5.56 Å². The number of halogens is 1. The maximum absolute atomic E-state index is 12.4. The summed E-state index contributed by atoms with van der Waals surface area (Å²) in [6.45, 7) is 2.10. The lowest BCUT2D eigenvalue weighted by Gasteiger charge is -2.08. The van der Waals surface area contributed by atoms with Gasteiger partial charge in [-0.3, -0.25) is 14.6 Å². The third kappa shape index (κ3) is 5.68. The maximum atomic E-state index is 12.4. The first-order chi connectivity index (χ1) is 13.5. The number of rotatable bonds is 7. The minimum Gasteiger partial charge on any atom is -0.352 e. The molecule has 0 spiro atoms. The molecule has 0 saturated carbocycles. The zero-order valence-electron chi connectivity index (χ0n) is 15.2. The molecule has 2 heterocycles. The highest BCUT2D eigenvalue weighted by atomic mass is 35.5. The van der Waals surface area contributed by atoms with Crippen LogP contribution in [0, 0.1) is 6.92 Å². The van der Waals surface area contributed by atoms with Gasteiger partial charge < -0.3 is 10.3 Å². The van der Waals surface area contributed by atoms with E-state index in [0.717, 1.165) is 11.1 Å². The third-order valence-corrected chi connectivity index (χ3v) is 5.19. The van der Waals surface area contributed by atoms with Gasteiger partial charge in [-0.05, 0) is 36.2 Å². The number of amides is 1. The number of carbonyl (C=O) groups is 1. The Morgan fingerprint density at radius 3 is 2.79 bits per heavy atom. The van der Waals surface area contributed by atoms with Gasteiger partial charge in [0, 0.05) is 41.0 Å². The lowest BCUT2D eigenvalue weighted by molar-refractivity contribution is -0.120. The average molecular weight is 415 g/mol. The lowest BCUT2D eigenvalue weighted by Crippen LogP contribution is -2.28. The Labute approximate surface area is 171 Å². The molecule has 144 valence electrons. The third-order valence-electron chi connectivity index (χ3n) is 4.01. The van der Waals surface area contributed by atoms with Crippen molar-refractivity contribution in [2.24, 2.45) is 0 Å². The normalized spacial score (nSPS) is 10.6. The van der Waals surface area contributed by atoms with Gasteiger partial charge in [-0.1, -0.05) is 41.6 Å². The summed E-state index contributed by atoms with van der Waals surface area (Å²) in [5.41, 5.74) is 2.56. The second kappa shape index (κ2) is 9.52. The Kier molecular flexibility index (Phi) is 6.84. The van der Waals surface area contributed by atoms with Crippen LogP contribution in [0.3, 0.4) is 0 Å². The largest absolute Gasteiger partial charge is 0.352 e. The Morgan fingerprint density at radius 2 is 2.07 bits per heavy atom. The molecule has 1 amide bonds. The number of aromatic amines is 1. The van der Waals surface area contributed by atoms with Crippen molar-refractivity contribution >= 4 is 29.3 Å². The molecule has 0 saturated heterocycles. The van der Waals surface area contributed by atoms with Gasteiger partial charge in [0.2, 0.25) is 5.91 Å². The lowest BCUT2D eigenvalue weighted by atomic mass is 10.1. The number of benzene rings is 1. The quantitative estimate of drug-likeness (QED) is 0.457. The van der Waals surface area contributed by atoms with Gasteiger partial charge in [0.15, 0.2) is 5.16 Å². The van der Waals surface area contributed by atoms with Crippen LogP contribution in [-0.4, -0.2) is 20.9 Å². The number of hydrogen-bond acceptors (Lipinski definition) is 5. The highest BCUT2D eigenvalue weighted by Gasteiger charge is 2.13. The van der Waals surface area contributed by atoms with Crippen LogP contribution in [0.15, 0.2) is 58.7 Å². The van der Waals surface area contributed by atoms with Crippen molar-refractivity contribution in [3.8, 4) is 0 Å². The fourth-order valence-electron chi connectivity index (χ4n) is 2.57. The highest BCUT2D eigenvalue weighted by molar-refractivity contribution is 7.98. The molecule has 0 aliphatic heterocycles. The fraction of sp³-hybridized carbons (Fsp3) is 0.200. The zero-order valence-corrected chi connectivity index (χ0v) is 16.8. The van der Waals surface area contributed by atoms with Crippen molar-refractivity contribution in [2.45, 2.75) is 30.8 Å². The number of carbonyl (C=O) groups excluding carboxylic acids is 1. The van der Waals surface area contributed by atoms with Crippen LogP contribution in [0.5, 0.6) is 0 Å². The molecule has 28 heavy (non-hydrogen) atoms. The van der Waals surface area contributed by atoms with Crippen molar-refractivity contribution in [3.05, 3.63) is 86.6 Å². The molecule has 0 radical (unpaired) electrons. The van der Waals surface area contributed by atoms with Gasteiger partial charge in [-0.15, -0.1) is 0 Å². The SMILES string of the molecule is Cc1nc(SCc2cccc(Cl)c2)[nH]c(=O)c1CC(=O)NCc1cccnc1. The number of aromatic nitrogens is 3. The molecule has 0 fully saturated rings. The summed E-state index contributed by atoms with van der Waals surface area (Å²) in [4.78, 5) is 35.8. The Hall–Kier alpha value is -2.64. The topological polar surface area (TPSA) is 87.7 Å². The van der Waals surface area contributed by atoms with Crippen LogP contribution in [0.1, 0.15) is 22.4 Å². The molecule has 0 aliphatic rings. The number of thioether (sulfide) groups is 1. The molecule has 3 aromatic rings. The summed E-state index contributed by atoms with van der Waals surface area (Å²) < 4.78 is 0.